The van der Waals surface area contributed by atoms with Crippen molar-refractivity contribution in [3.05, 3.63) is 35.4 Å². The number of nitrogens with one attached hydrogen (secondary N) is 1. The first-order valence-electron chi connectivity index (χ1n) is 6.68. The van der Waals surface area contributed by atoms with Gasteiger partial charge < -0.3 is 5.32 Å². The number of hydrogen-bond acceptors (Lipinski definition) is 3. The molecule has 1 aliphatic carbocycles. The smallest absolute Gasteiger partial charge is 0.323 e. The number of amides is 3. The lowest BCUT2D eigenvalue weighted by molar-refractivity contribution is -0.131. The second-order valence-corrected chi connectivity index (χ2v) is 5.57. The van der Waals surface area contributed by atoms with Crippen LogP contribution in [0.15, 0.2) is 24.3 Å². The number of urea groups is 1. The van der Waals surface area contributed by atoms with E-state index in [0.29, 0.717) is 11.1 Å². The maximum atomic E-state index is 12.5. The second kappa shape index (κ2) is 4.34. The van der Waals surface area contributed by atoms with E-state index in [4.69, 9.17) is 5.26 Å². The molecule has 3 rings (SSSR count). The van der Waals surface area contributed by atoms with Crippen molar-refractivity contribution < 1.29 is 9.59 Å². The van der Waals surface area contributed by atoms with Gasteiger partial charge in [-0.1, -0.05) is 18.2 Å². The van der Waals surface area contributed by atoms with Crippen LogP contribution in [0.4, 0.5) is 4.79 Å². The first kappa shape index (κ1) is 12.7. The maximum absolute atomic E-state index is 12.5. The highest BCUT2D eigenvalue weighted by Gasteiger charge is 2.55. The van der Waals surface area contributed by atoms with E-state index in [1.165, 1.54) is 4.90 Å². The summed E-state index contributed by atoms with van der Waals surface area (Å²) in [6, 6.07) is 8.75. The Morgan fingerprint density at radius 1 is 1.40 bits per heavy atom. The molecule has 1 saturated heterocycles. The summed E-state index contributed by atoms with van der Waals surface area (Å²) >= 11 is 0. The van der Waals surface area contributed by atoms with Crippen molar-refractivity contribution in [3.8, 4) is 6.07 Å². The summed E-state index contributed by atoms with van der Waals surface area (Å²) in [4.78, 5) is 25.7. The molecule has 1 saturated carbocycles. The van der Waals surface area contributed by atoms with Gasteiger partial charge in [0.15, 0.2) is 0 Å². The highest BCUT2D eigenvalue weighted by Crippen LogP contribution is 2.42. The Bertz CT molecular complexity index is 630. The predicted octanol–water partition coefficient (Wildman–Crippen LogP) is 1.78. The normalized spacial score (nSPS) is 25.5. The molecule has 1 heterocycles. The van der Waals surface area contributed by atoms with E-state index >= 15 is 0 Å². The monoisotopic (exact) mass is 269 g/mol. The van der Waals surface area contributed by atoms with Gasteiger partial charge in [-0.05, 0) is 37.3 Å². The summed E-state index contributed by atoms with van der Waals surface area (Å²) in [6.45, 7) is 1.94. The summed E-state index contributed by atoms with van der Waals surface area (Å²) < 4.78 is 0. The molecule has 1 aromatic rings. The van der Waals surface area contributed by atoms with E-state index in [2.05, 4.69) is 11.4 Å². The summed E-state index contributed by atoms with van der Waals surface area (Å²) in [5.41, 5.74) is 0.422. The largest absolute Gasteiger partial charge is 0.325 e. The Balaban J connectivity index is 1.86. The molecule has 1 aromatic carbocycles. The van der Waals surface area contributed by atoms with Gasteiger partial charge in [0.2, 0.25) is 0 Å². The minimum absolute atomic E-state index is 0.150. The average Bonchev–Trinajstić information content (AvgIpc) is 3.26. The number of benzene rings is 1. The number of hydrogen-bond donors (Lipinski definition) is 1. The van der Waals surface area contributed by atoms with Gasteiger partial charge in [0.25, 0.3) is 5.91 Å². The number of rotatable bonds is 3. The third-order valence-electron chi connectivity index (χ3n) is 4.16. The molecular formula is C15H15N3O2. The Morgan fingerprint density at radius 2 is 2.10 bits per heavy atom. The van der Waals surface area contributed by atoms with Gasteiger partial charge in [-0.2, -0.15) is 5.26 Å². The van der Waals surface area contributed by atoms with Gasteiger partial charge >= 0.3 is 6.03 Å². The predicted molar refractivity (Wildman–Crippen MR) is 71.4 cm³/mol. The summed E-state index contributed by atoms with van der Waals surface area (Å²) in [6.07, 6.45) is 1.95. The fraction of sp³-hybridized carbons (Fsp3) is 0.400. The minimum atomic E-state index is -0.765. The van der Waals surface area contributed by atoms with Crippen LogP contribution in [-0.4, -0.2) is 22.4 Å². The molecular weight excluding hydrogens is 254 g/mol. The Labute approximate surface area is 117 Å². The molecule has 1 atom stereocenters. The number of imide groups is 1. The standard InChI is InChI=1S/C15H15N3O2/c1-15(12-6-7-12)13(19)18(14(20)17-15)9-11-5-3-2-4-10(11)8-16/h2-5,12H,6-7,9H2,1H3,(H,17,20)/t15-/m1/s1. The van der Waals surface area contributed by atoms with E-state index in [-0.39, 0.29) is 24.4 Å². The Kier molecular flexibility index (Phi) is 2.75. The first-order valence-corrected chi connectivity index (χ1v) is 6.68. The van der Waals surface area contributed by atoms with E-state index in [9.17, 15) is 9.59 Å². The van der Waals surface area contributed by atoms with E-state index in [1.807, 2.05) is 0 Å². The van der Waals surface area contributed by atoms with Crippen LogP contribution in [0.3, 0.4) is 0 Å². The van der Waals surface area contributed by atoms with Crippen molar-refractivity contribution in [3.63, 3.8) is 0 Å². The quantitative estimate of drug-likeness (QED) is 0.850. The fourth-order valence-corrected chi connectivity index (χ4v) is 2.73. The highest BCUT2D eigenvalue weighted by molar-refractivity contribution is 6.07. The minimum Gasteiger partial charge on any atom is -0.323 e. The van der Waals surface area contributed by atoms with Gasteiger partial charge in [0.05, 0.1) is 18.2 Å². The van der Waals surface area contributed by atoms with Crippen LogP contribution in [0.2, 0.25) is 0 Å². The number of nitrogens with zero attached hydrogens (tertiary/aromatic N) is 2. The van der Waals surface area contributed by atoms with E-state index < -0.39 is 5.54 Å². The molecule has 102 valence electrons. The molecule has 0 unspecified atom stereocenters. The third-order valence-corrected chi connectivity index (χ3v) is 4.16. The lowest BCUT2D eigenvalue weighted by atomic mass is 9.96. The molecule has 2 fully saturated rings. The zero-order valence-corrected chi connectivity index (χ0v) is 11.2. The van der Waals surface area contributed by atoms with Crippen molar-refractivity contribution in [2.45, 2.75) is 31.8 Å². The topological polar surface area (TPSA) is 73.2 Å². The van der Waals surface area contributed by atoms with Gasteiger partial charge in [-0.15, -0.1) is 0 Å². The summed E-state index contributed by atoms with van der Waals surface area (Å²) in [7, 11) is 0. The molecule has 5 heteroatoms. The van der Waals surface area contributed by atoms with Gasteiger partial charge in [-0.25, -0.2) is 4.79 Å². The van der Waals surface area contributed by atoms with Crippen LogP contribution >= 0.6 is 0 Å². The van der Waals surface area contributed by atoms with Crippen molar-refractivity contribution in [1.29, 1.82) is 5.26 Å². The van der Waals surface area contributed by atoms with Crippen molar-refractivity contribution in [1.82, 2.24) is 10.2 Å². The molecule has 1 aliphatic heterocycles. The van der Waals surface area contributed by atoms with Crippen LogP contribution < -0.4 is 5.32 Å². The van der Waals surface area contributed by atoms with Gasteiger partial charge in [-0.3, -0.25) is 9.69 Å². The van der Waals surface area contributed by atoms with E-state index in [0.717, 1.165) is 12.8 Å². The zero-order chi connectivity index (χ0) is 14.3. The Hall–Kier alpha value is -2.35. The van der Waals surface area contributed by atoms with E-state index in [1.54, 1.807) is 31.2 Å². The van der Waals surface area contributed by atoms with Crippen LogP contribution in [0.1, 0.15) is 30.9 Å². The average molecular weight is 269 g/mol. The molecule has 0 aromatic heterocycles. The van der Waals surface area contributed by atoms with Crippen molar-refractivity contribution in [2.75, 3.05) is 0 Å². The zero-order valence-electron chi connectivity index (χ0n) is 11.2. The van der Waals surface area contributed by atoms with Crippen molar-refractivity contribution in [2.24, 2.45) is 5.92 Å². The molecule has 0 spiro atoms. The lowest BCUT2D eigenvalue weighted by Gasteiger charge is -2.21. The second-order valence-electron chi connectivity index (χ2n) is 5.57. The van der Waals surface area contributed by atoms with Crippen LogP contribution in [-0.2, 0) is 11.3 Å². The molecule has 2 aliphatic rings. The maximum Gasteiger partial charge on any atom is 0.325 e. The van der Waals surface area contributed by atoms with Gasteiger partial charge in [0.1, 0.15) is 5.54 Å². The summed E-state index contributed by atoms with van der Waals surface area (Å²) in [5.74, 6) is 0.0629. The SMILES string of the molecule is C[C@]1(C2CC2)NC(=O)N(Cc2ccccc2C#N)C1=O. The number of carbonyl (C=O) groups excluding carboxylic acids is 2. The molecule has 20 heavy (non-hydrogen) atoms. The molecule has 1 N–H and O–H groups in total. The highest BCUT2D eigenvalue weighted by atomic mass is 16.2. The first-order chi connectivity index (χ1) is 9.56. The van der Waals surface area contributed by atoms with Crippen LogP contribution in [0.5, 0.6) is 0 Å². The molecule has 0 bridgehead atoms. The fourth-order valence-electron chi connectivity index (χ4n) is 2.73. The molecule has 3 amide bonds. The lowest BCUT2D eigenvalue weighted by Crippen LogP contribution is -2.46. The van der Waals surface area contributed by atoms with Crippen molar-refractivity contribution >= 4 is 11.9 Å². The number of carbonyl (C=O) groups is 2. The van der Waals surface area contributed by atoms with Crippen LogP contribution in [0.25, 0.3) is 0 Å². The van der Waals surface area contributed by atoms with Gasteiger partial charge in [0, 0.05) is 0 Å². The third kappa shape index (κ3) is 1.85. The molecule has 5 nitrogen and oxygen atoms in total. The van der Waals surface area contributed by atoms with Crippen LogP contribution in [0, 0.1) is 17.2 Å². The molecule has 0 radical (unpaired) electrons. The summed E-state index contributed by atoms with van der Waals surface area (Å²) in [5, 5.41) is 11.9. The Morgan fingerprint density at radius 3 is 2.75 bits per heavy atom. The number of nitriles is 1.